The lowest BCUT2D eigenvalue weighted by Crippen LogP contribution is -2.08. The SMILES string of the molecule is CC(F)N=CN(C)C. The monoisotopic (exact) mass is 118 g/mol. The summed E-state index contributed by atoms with van der Waals surface area (Å²) >= 11 is 0. The average molecular weight is 118 g/mol. The number of rotatable bonds is 2. The smallest absolute Gasteiger partial charge is 0.188 e. The van der Waals surface area contributed by atoms with Gasteiger partial charge in [-0.05, 0) is 6.92 Å². The molecule has 48 valence electrons. The predicted octanol–water partition coefficient (Wildman–Crippen LogP) is 0.892. The van der Waals surface area contributed by atoms with E-state index in [-0.39, 0.29) is 0 Å². The molecule has 0 aliphatic carbocycles. The summed E-state index contributed by atoms with van der Waals surface area (Å²) in [5.41, 5.74) is 0. The molecule has 0 aromatic carbocycles. The van der Waals surface area contributed by atoms with Crippen LogP contribution in [0, 0.1) is 0 Å². The van der Waals surface area contributed by atoms with Gasteiger partial charge in [0.2, 0.25) is 0 Å². The first-order valence-corrected chi connectivity index (χ1v) is 2.46. The third kappa shape index (κ3) is 5.40. The van der Waals surface area contributed by atoms with E-state index < -0.39 is 6.30 Å². The molecule has 3 heteroatoms. The van der Waals surface area contributed by atoms with Gasteiger partial charge >= 0.3 is 0 Å². The summed E-state index contributed by atoms with van der Waals surface area (Å²) in [5, 5.41) is 0. The fraction of sp³-hybridized carbons (Fsp3) is 0.800. The third-order valence-electron chi connectivity index (χ3n) is 0.503. The van der Waals surface area contributed by atoms with Gasteiger partial charge in [-0.3, -0.25) is 0 Å². The van der Waals surface area contributed by atoms with Gasteiger partial charge in [-0.2, -0.15) is 0 Å². The van der Waals surface area contributed by atoms with Crippen molar-refractivity contribution in [2.45, 2.75) is 13.2 Å². The van der Waals surface area contributed by atoms with Crippen LogP contribution in [0.25, 0.3) is 0 Å². The lowest BCUT2D eigenvalue weighted by Gasteiger charge is -2.01. The Morgan fingerprint density at radius 2 is 2.12 bits per heavy atom. The minimum Gasteiger partial charge on any atom is -0.369 e. The standard InChI is InChI=1S/C5H11FN2/c1-5(6)7-4-8(2)3/h4-5H,1-3H3. The molecule has 1 unspecified atom stereocenters. The summed E-state index contributed by atoms with van der Waals surface area (Å²) < 4.78 is 11.8. The first-order valence-electron chi connectivity index (χ1n) is 2.46. The molecule has 0 aliphatic heterocycles. The quantitative estimate of drug-likeness (QED) is 0.299. The van der Waals surface area contributed by atoms with Crippen LogP contribution in [0.4, 0.5) is 4.39 Å². The number of hydrogen-bond donors (Lipinski definition) is 0. The van der Waals surface area contributed by atoms with Gasteiger partial charge in [0.1, 0.15) is 0 Å². The molecular formula is C5H11FN2. The summed E-state index contributed by atoms with van der Waals surface area (Å²) in [6.07, 6.45) is 0.363. The Hall–Kier alpha value is -0.600. The Kier molecular flexibility index (Phi) is 3.15. The van der Waals surface area contributed by atoms with Gasteiger partial charge in [0.25, 0.3) is 0 Å². The Morgan fingerprint density at radius 1 is 1.62 bits per heavy atom. The molecule has 0 amide bonds. The minimum absolute atomic E-state index is 1.09. The highest BCUT2D eigenvalue weighted by molar-refractivity contribution is 5.53. The van der Waals surface area contributed by atoms with Crippen LogP contribution in [-0.4, -0.2) is 31.6 Å². The Labute approximate surface area is 49.0 Å². The van der Waals surface area contributed by atoms with Gasteiger partial charge < -0.3 is 4.90 Å². The fourth-order valence-electron chi connectivity index (χ4n) is 0.225. The van der Waals surface area contributed by atoms with Crippen LogP contribution in [0.1, 0.15) is 6.92 Å². The van der Waals surface area contributed by atoms with Gasteiger partial charge in [0.05, 0.1) is 6.34 Å². The van der Waals surface area contributed by atoms with Gasteiger partial charge in [0.15, 0.2) is 6.30 Å². The second-order valence-corrected chi connectivity index (χ2v) is 1.80. The number of aliphatic imine (C=N–C) groups is 1. The van der Waals surface area contributed by atoms with Crippen molar-refractivity contribution >= 4 is 6.34 Å². The maximum Gasteiger partial charge on any atom is 0.188 e. The molecule has 0 fully saturated rings. The van der Waals surface area contributed by atoms with Gasteiger partial charge in [0, 0.05) is 14.1 Å². The van der Waals surface area contributed by atoms with Crippen molar-refractivity contribution in [1.29, 1.82) is 0 Å². The Morgan fingerprint density at radius 3 is 2.25 bits per heavy atom. The van der Waals surface area contributed by atoms with Crippen molar-refractivity contribution in [3.8, 4) is 0 Å². The minimum atomic E-state index is -1.09. The summed E-state index contributed by atoms with van der Waals surface area (Å²) in [4.78, 5) is 5.15. The molecule has 0 N–H and O–H groups in total. The predicted molar refractivity (Wildman–Crippen MR) is 32.7 cm³/mol. The molecule has 8 heavy (non-hydrogen) atoms. The van der Waals surface area contributed by atoms with E-state index in [4.69, 9.17) is 0 Å². The Balaban J connectivity index is 3.34. The molecule has 1 atom stereocenters. The van der Waals surface area contributed by atoms with E-state index in [0.717, 1.165) is 0 Å². The highest BCUT2D eigenvalue weighted by atomic mass is 19.1. The molecule has 0 aliphatic rings. The van der Waals surface area contributed by atoms with Crippen LogP contribution in [0.3, 0.4) is 0 Å². The van der Waals surface area contributed by atoms with Crippen LogP contribution in [0.2, 0.25) is 0 Å². The molecule has 0 spiro atoms. The van der Waals surface area contributed by atoms with E-state index >= 15 is 0 Å². The number of halogens is 1. The average Bonchev–Trinajstić information content (AvgIpc) is 1.61. The van der Waals surface area contributed by atoms with Gasteiger partial charge in [-0.15, -0.1) is 0 Å². The van der Waals surface area contributed by atoms with E-state index in [0.29, 0.717) is 0 Å². The topological polar surface area (TPSA) is 15.6 Å². The van der Waals surface area contributed by atoms with E-state index in [1.165, 1.54) is 13.3 Å². The van der Waals surface area contributed by atoms with Crippen molar-refractivity contribution in [2.75, 3.05) is 14.1 Å². The molecule has 0 aromatic heterocycles. The molecule has 0 radical (unpaired) electrons. The van der Waals surface area contributed by atoms with Crippen molar-refractivity contribution < 1.29 is 4.39 Å². The van der Waals surface area contributed by atoms with Crippen molar-refractivity contribution in [3.05, 3.63) is 0 Å². The normalized spacial score (nSPS) is 14.5. The molecule has 2 nitrogen and oxygen atoms in total. The zero-order valence-corrected chi connectivity index (χ0v) is 5.43. The number of hydrogen-bond acceptors (Lipinski definition) is 1. The summed E-state index contributed by atoms with van der Waals surface area (Å²) in [7, 11) is 3.60. The summed E-state index contributed by atoms with van der Waals surface area (Å²) in [5.74, 6) is 0. The zero-order valence-electron chi connectivity index (χ0n) is 5.43. The number of alkyl halides is 1. The first-order chi connectivity index (χ1) is 3.63. The Bertz CT molecular complexity index is 68.5. The van der Waals surface area contributed by atoms with Crippen LogP contribution in [0.15, 0.2) is 4.99 Å². The second kappa shape index (κ2) is 3.41. The molecule has 0 heterocycles. The van der Waals surface area contributed by atoms with E-state index in [1.54, 1.807) is 19.0 Å². The molecule has 0 saturated carbocycles. The van der Waals surface area contributed by atoms with E-state index in [2.05, 4.69) is 4.99 Å². The maximum absolute atomic E-state index is 11.8. The lowest BCUT2D eigenvalue weighted by atomic mass is 10.7. The highest BCUT2D eigenvalue weighted by Gasteiger charge is 1.86. The van der Waals surface area contributed by atoms with Gasteiger partial charge in [-0.1, -0.05) is 0 Å². The second-order valence-electron chi connectivity index (χ2n) is 1.80. The zero-order chi connectivity index (χ0) is 6.57. The first kappa shape index (κ1) is 7.40. The van der Waals surface area contributed by atoms with E-state index in [9.17, 15) is 4.39 Å². The summed E-state index contributed by atoms with van der Waals surface area (Å²) in [6.45, 7) is 1.39. The van der Waals surface area contributed by atoms with Crippen molar-refractivity contribution in [2.24, 2.45) is 4.99 Å². The van der Waals surface area contributed by atoms with Crippen LogP contribution >= 0.6 is 0 Å². The van der Waals surface area contributed by atoms with Crippen molar-refractivity contribution in [1.82, 2.24) is 4.90 Å². The highest BCUT2D eigenvalue weighted by Crippen LogP contribution is 1.86. The van der Waals surface area contributed by atoms with E-state index in [1.807, 2.05) is 0 Å². The van der Waals surface area contributed by atoms with Crippen LogP contribution in [0.5, 0.6) is 0 Å². The van der Waals surface area contributed by atoms with Gasteiger partial charge in [-0.25, -0.2) is 9.38 Å². The summed E-state index contributed by atoms with van der Waals surface area (Å²) in [6, 6.07) is 0. The molecule has 0 bridgehead atoms. The van der Waals surface area contributed by atoms with Crippen LogP contribution in [-0.2, 0) is 0 Å². The largest absolute Gasteiger partial charge is 0.369 e. The molecule has 0 saturated heterocycles. The molecular weight excluding hydrogens is 107 g/mol. The number of nitrogens with zero attached hydrogens (tertiary/aromatic N) is 2. The van der Waals surface area contributed by atoms with Crippen molar-refractivity contribution in [3.63, 3.8) is 0 Å². The maximum atomic E-state index is 11.8. The fourth-order valence-corrected chi connectivity index (χ4v) is 0.225. The lowest BCUT2D eigenvalue weighted by molar-refractivity contribution is 0.374. The third-order valence-corrected chi connectivity index (χ3v) is 0.503. The molecule has 0 rings (SSSR count). The molecule has 0 aromatic rings. The van der Waals surface area contributed by atoms with Crippen LogP contribution < -0.4 is 0 Å².